The fourth-order valence-corrected chi connectivity index (χ4v) is 3.66. The molecule has 4 aromatic rings. The summed E-state index contributed by atoms with van der Waals surface area (Å²) in [6, 6.07) is 22.1. The number of nitrogens with one attached hydrogen (secondary N) is 1. The minimum atomic E-state index is -0.588. The average molecular weight is 372 g/mol. The lowest BCUT2D eigenvalue weighted by molar-refractivity contribution is -0.122. The number of aryl methyl sites for hydroxylation is 2. The third-order valence-electron chi connectivity index (χ3n) is 5.03. The zero-order valence-electron chi connectivity index (χ0n) is 16.4. The van der Waals surface area contributed by atoms with E-state index in [1.807, 2.05) is 49.4 Å². The van der Waals surface area contributed by atoms with Gasteiger partial charge in [0.05, 0.1) is 0 Å². The summed E-state index contributed by atoms with van der Waals surface area (Å²) in [5.41, 5.74) is 4.25. The molecule has 1 unspecified atom stereocenters. The number of anilines is 1. The first kappa shape index (κ1) is 18.1. The number of carbonyl (C=O) groups is 1. The smallest absolute Gasteiger partial charge is 0.265 e. The summed E-state index contributed by atoms with van der Waals surface area (Å²) in [6.07, 6.45) is -0.588. The average Bonchev–Trinajstić information content (AvgIpc) is 3.01. The molecular weight excluding hydrogens is 348 g/mol. The first-order chi connectivity index (χ1) is 13.6. The summed E-state index contributed by atoms with van der Waals surface area (Å²) in [5, 5.41) is 5.32. The molecule has 0 fully saturated rings. The van der Waals surface area contributed by atoms with Crippen LogP contribution in [0.2, 0.25) is 0 Å². The van der Waals surface area contributed by atoms with E-state index in [9.17, 15) is 4.79 Å². The van der Waals surface area contributed by atoms with E-state index in [-0.39, 0.29) is 5.91 Å². The minimum absolute atomic E-state index is 0.167. The van der Waals surface area contributed by atoms with Crippen molar-refractivity contribution >= 4 is 33.4 Å². The highest BCUT2D eigenvalue weighted by atomic mass is 16.5. The largest absolute Gasteiger partial charge is 0.481 e. The van der Waals surface area contributed by atoms with Crippen LogP contribution in [0, 0.1) is 6.92 Å². The summed E-state index contributed by atoms with van der Waals surface area (Å²) < 4.78 is 8.08. The second-order valence-electron chi connectivity index (χ2n) is 7.06. The van der Waals surface area contributed by atoms with Crippen molar-refractivity contribution < 1.29 is 9.53 Å². The topological polar surface area (TPSA) is 43.3 Å². The van der Waals surface area contributed by atoms with Gasteiger partial charge < -0.3 is 14.6 Å². The maximum absolute atomic E-state index is 12.6. The van der Waals surface area contributed by atoms with Crippen molar-refractivity contribution in [2.45, 2.75) is 33.4 Å². The van der Waals surface area contributed by atoms with Gasteiger partial charge in [-0.2, -0.15) is 0 Å². The van der Waals surface area contributed by atoms with Crippen molar-refractivity contribution in [1.29, 1.82) is 0 Å². The van der Waals surface area contributed by atoms with Gasteiger partial charge in [0.2, 0.25) is 0 Å². The van der Waals surface area contributed by atoms with Crippen LogP contribution < -0.4 is 10.1 Å². The fourth-order valence-electron chi connectivity index (χ4n) is 3.66. The zero-order valence-corrected chi connectivity index (χ0v) is 16.4. The molecule has 1 N–H and O–H groups in total. The Kier molecular flexibility index (Phi) is 4.78. The maximum Gasteiger partial charge on any atom is 0.265 e. The van der Waals surface area contributed by atoms with Crippen molar-refractivity contribution in [2.75, 3.05) is 5.32 Å². The number of amides is 1. The molecule has 0 aliphatic heterocycles. The molecule has 4 heteroatoms. The number of hydrogen-bond donors (Lipinski definition) is 1. The van der Waals surface area contributed by atoms with E-state index in [2.05, 4.69) is 41.1 Å². The summed E-state index contributed by atoms with van der Waals surface area (Å²) in [5.74, 6) is 0.532. The van der Waals surface area contributed by atoms with E-state index in [4.69, 9.17) is 4.74 Å². The molecule has 0 bridgehead atoms. The fraction of sp³-hybridized carbons (Fsp3) is 0.208. The van der Waals surface area contributed by atoms with Crippen molar-refractivity contribution in [1.82, 2.24) is 4.57 Å². The number of fused-ring (bicyclic) bond motifs is 3. The van der Waals surface area contributed by atoms with Gasteiger partial charge in [0.15, 0.2) is 6.10 Å². The molecule has 4 nitrogen and oxygen atoms in total. The predicted octanol–water partition coefficient (Wildman–Crippen LogP) is 5.53. The Labute approximate surface area is 164 Å². The van der Waals surface area contributed by atoms with Gasteiger partial charge in [-0.25, -0.2) is 0 Å². The Balaban J connectivity index is 1.59. The van der Waals surface area contributed by atoms with Crippen LogP contribution in [0.3, 0.4) is 0 Å². The highest BCUT2D eigenvalue weighted by molar-refractivity contribution is 6.10. The second kappa shape index (κ2) is 7.39. The number of carbonyl (C=O) groups excluding carboxylic acids is 1. The van der Waals surface area contributed by atoms with Crippen LogP contribution in [-0.2, 0) is 11.3 Å². The number of ether oxygens (including phenoxy) is 1. The molecular formula is C24H24N2O2. The van der Waals surface area contributed by atoms with E-state index in [1.54, 1.807) is 6.92 Å². The van der Waals surface area contributed by atoms with Crippen LogP contribution in [0.25, 0.3) is 21.8 Å². The van der Waals surface area contributed by atoms with Gasteiger partial charge >= 0.3 is 0 Å². The molecule has 4 rings (SSSR count). The van der Waals surface area contributed by atoms with Gasteiger partial charge in [0.25, 0.3) is 5.91 Å². The van der Waals surface area contributed by atoms with Crippen LogP contribution >= 0.6 is 0 Å². The highest BCUT2D eigenvalue weighted by Crippen LogP contribution is 2.31. The maximum atomic E-state index is 12.6. The molecule has 3 aromatic carbocycles. The molecule has 0 aliphatic carbocycles. The molecule has 0 spiro atoms. The van der Waals surface area contributed by atoms with Crippen molar-refractivity contribution in [3.8, 4) is 5.75 Å². The number of rotatable bonds is 5. The first-order valence-corrected chi connectivity index (χ1v) is 9.62. The molecule has 1 amide bonds. The molecule has 142 valence electrons. The predicted molar refractivity (Wildman–Crippen MR) is 115 cm³/mol. The number of hydrogen-bond acceptors (Lipinski definition) is 2. The lowest BCUT2D eigenvalue weighted by Crippen LogP contribution is -2.30. The quantitative estimate of drug-likeness (QED) is 0.501. The van der Waals surface area contributed by atoms with Gasteiger partial charge in [-0.05, 0) is 62.7 Å². The van der Waals surface area contributed by atoms with E-state index < -0.39 is 6.10 Å². The molecule has 0 aliphatic rings. The number of benzene rings is 3. The molecule has 1 atom stereocenters. The van der Waals surface area contributed by atoms with E-state index in [0.717, 1.165) is 23.2 Å². The van der Waals surface area contributed by atoms with E-state index in [0.29, 0.717) is 5.75 Å². The van der Waals surface area contributed by atoms with Gasteiger partial charge in [0, 0.05) is 34.0 Å². The number of nitrogens with zero attached hydrogens (tertiary/aromatic N) is 1. The lowest BCUT2D eigenvalue weighted by atomic mass is 10.1. The Morgan fingerprint density at radius 1 is 1.00 bits per heavy atom. The van der Waals surface area contributed by atoms with Crippen LogP contribution in [0.5, 0.6) is 5.75 Å². The Morgan fingerprint density at radius 2 is 1.79 bits per heavy atom. The van der Waals surface area contributed by atoms with Crippen molar-refractivity contribution in [3.05, 3.63) is 72.3 Å². The minimum Gasteiger partial charge on any atom is -0.481 e. The van der Waals surface area contributed by atoms with E-state index >= 15 is 0 Å². The van der Waals surface area contributed by atoms with E-state index in [1.165, 1.54) is 16.4 Å². The normalized spacial score (nSPS) is 12.2. The van der Waals surface area contributed by atoms with Crippen LogP contribution in [0.15, 0.2) is 66.7 Å². The molecule has 0 saturated heterocycles. The summed E-state index contributed by atoms with van der Waals surface area (Å²) in [7, 11) is 0. The Morgan fingerprint density at radius 3 is 2.57 bits per heavy atom. The van der Waals surface area contributed by atoms with Gasteiger partial charge in [-0.15, -0.1) is 0 Å². The molecule has 0 radical (unpaired) electrons. The molecule has 0 saturated carbocycles. The molecule has 1 aromatic heterocycles. The standard InChI is InChI=1S/C24H24N2O2/c1-4-26-22-11-6-5-10-20(22)21-15-18(12-13-23(21)26)25-24(27)17(3)28-19-9-7-8-16(2)14-19/h5-15,17H,4H2,1-3H3,(H,25,27). The van der Waals surface area contributed by atoms with Crippen LogP contribution in [0.4, 0.5) is 5.69 Å². The monoisotopic (exact) mass is 372 g/mol. The summed E-state index contributed by atoms with van der Waals surface area (Å²) in [4.78, 5) is 12.6. The first-order valence-electron chi connectivity index (χ1n) is 9.62. The molecule has 1 heterocycles. The van der Waals surface area contributed by atoms with Crippen LogP contribution in [0.1, 0.15) is 19.4 Å². The Bertz CT molecular complexity index is 1160. The summed E-state index contributed by atoms with van der Waals surface area (Å²) >= 11 is 0. The van der Waals surface area contributed by atoms with Gasteiger partial charge in [-0.3, -0.25) is 4.79 Å². The van der Waals surface area contributed by atoms with Crippen molar-refractivity contribution in [2.24, 2.45) is 0 Å². The number of aromatic nitrogens is 1. The van der Waals surface area contributed by atoms with Gasteiger partial charge in [-0.1, -0.05) is 30.3 Å². The van der Waals surface area contributed by atoms with Crippen LogP contribution in [-0.4, -0.2) is 16.6 Å². The highest BCUT2D eigenvalue weighted by Gasteiger charge is 2.16. The SMILES string of the molecule is CCn1c2ccccc2c2cc(NC(=O)C(C)Oc3cccc(C)c3)ccc21. The zero-order chi connectivity index (χ0) is 19.7. The Hall–Kier alpha value is -3.27. The molecule has 28 heavy (non-hydrogen) atoms. The third kappa shape index (κ3) is 3.33. The van der Waals surface area contributed by atoms with Gasteiger partial charge in [0.1, 0.15) is 5.75 Å². The number of para-hydroxylation sites is 1. The lowest BCUT2D eigenvalue weighted by Gasteiger charge is -2.15. The third-order valence-corrected chi connectivity index (χ3v) is 5.03. The second-order valence-corrected chi connectivity index (χ2v) is 7.06. The van der Waals surface area contributed by atoms with Crippen molar-refractivity contribution in [3.63, 3.8) is 0 Å². The summed E-state index contributed by atoms with van der Waals surface area (Å²) in [6.45, 7) is 6.81.